The Hall–Kier alpha value is -9.34. The number of carboxylic acids is 1. The molecule has 5 aromatic carbocycles. The molecule has 5 atom stereocenters. The molecule has 1 amide bonds. The molecule has 1 saturated heterocycles. The van der Waals surface area contributed by atoms with Gasteiger partial charge in [-0.3, -0.25) is 33.9 Å². The lowest BCUT2D eigenvalue weighted by molar-refractivity contribution is -0.131. The van der Waals surface area contributed by atoms with E-state index in [4.69, 9.17) is 116 Å². The van der Waals surface area contributed by atoms with E-state index in [0.29, 0.717) is 103 Å². The number of aromatic nitrogens is 2. The topological polar surface area (TPSA) is 299 Å². The number of nitrogens with zero attached hydrogens (tertiary/aromatic N) is 2. The number of ether oxygens (including phenoxy) is 8. The molecule has 0 aliphatic carbocycles. The molecule has 0 saturated carbocycles. The molecule has 6 aliphatic heterocycles. The maximum absolute atomic E-state index is 12.1. The van der Waals surface area contributed by atoms with Gasteiger partial charge in [-0.1, -0.05) is 131 Å². The molecule has 17 rings (SSSR count). The predicted molar refractivity (Wildman–Crippen MR) is 515 cm³/mol. The Bertz CT molecular complexity index is 5700. The number of carbonyl (C=O) groups excluding carboxylic acids is 5. The van der Waals surface area contributed by atoms with Gasteiger partial charge in [0.2, 0.25) is 5.91 Å². The lowest BCUT2D eigenvalue weighted by atomic mass is 9.78. The molecule has 11 aromatic rings. The Balaban J connectivity index is 0.000000160. The summed E-state index contributed by atoms with van der Waals surface area (Å²) in [6.07, 6.45) is 19.6. The Morgan fingerprint density at radius 3 is 1.20 bits per heavy atom. The van der Waals surface area contributed by atoms with Gasteiger partial charge >= 0.3 is 13.1 Å². The third-order valence-electron chi connectivity index (χ3n) is 20.4. The van der Waals surface area contributed by atoms with Crippen LogP contribution in [0.1, 0.15) is 173 Å². The van der Waals surface area contributed by atoms with Crippen molar-refractivity contribution >= 4 is 191 Å². The fraction of sp³-hybridized carbons (Fsp3) is 0.298. The minimum Gasteiger partial charge on any atom is -0.508 e. The molecule has 6 aliphatic rings. The van der Waals surface area contributed by atoms with Gasteiger partial charge in [0.15, 0.2) is 38.3 Å². The smallest absolute Gasteiger partial charge is 0.494 e. The number of halogens is 7. The monoisotopic (exact) mass is 1990 g/mol. The van der Waals surface area contributed by atoms with Crippen molar-refractivity contribution < 1.29 is 86.2 Å². The lowest BCUT2D eigenvalue weighted by Crippen LogP contribution is -2.41. The Morgan fingerprint density at radius 1 is 0.492 bits per heavy atom. The van der Waals surface area contributed by atoms with Gasteiger partial charge in [-0.25, -0.2) is 4.79 Å². The van der Waals surface area contributed by atoms with Crippen LogP contribution >= 0.6 is 132 Å². The number of hydrogen-bond acceptors (Lipinski definition) is 24. The number of nitrogens with two attached hydrogens (primary N) is 1. The largest absolute Gasteiger partial charge is 0.508 e. The van der Waals surface area contributed by atoms with E-state index in [2.05, 4.69) is 85.7 Å². The van der Waals surface area contributed by atoms with E-state index in [0.717, 1.165) is 121 Å². The standard InChI is InChI=1S/C23H19ClN2O4S.C16H22BClO3.C16H15ClO3S.C15H14ClNO3S.C10H11ClO2.C8H7NO2.C6H5BrOS.ClH/c1-14(27)20-5-7-22(31-20)29-17-9-16-10-18(30-23(16)19(24)11-17)13-26-21(28)6-4-15-3-2-8-25-12-15;1-6-12-8-10-7-11(9-13(18)14(10)19-12)17-20-15(2,3)16(4,5)21-17;1-3-11-6-10-7-12(8-13(17)16(10)20-11)19-15-5-4-14(21-15)9(2)18;1-8(18)13-2-3-14(21-13)19-10-4-9-5-11(7-17)20-15(9)12(16)6-10;1-2-8-4-6-3-7(12)5-9(11)10(6)13-8;10-8(11)4-3-7-2-1-5-9-6-7;1-4(8)5-2-3-6(7)9-5;/h2-9,11-12,18H,10,13H2,1H3,(H,26,28);7,9,12H,6,8H2,1-5H3;4-5,7-8,11H,3,6H2,1-2H3;2-4,6,11H,5,7,17H2,1H3;3,5,8,12H,2,4H2,1H3;1-6H,(H,10,11);2-3H,1H3;1H/b6-4+;;;;;4-3+;;. The molecular formula is C94H94BBrCl6N4O18S4. The van der Waals surface area contributed by atoms with Gasteiger partial charge in [0.05, 0.1) is 66.2 Å². The van der Waals surface area contributed by atoms with Crippen molar-refractivity contribution in [3.05, 3.63) is 258 Å². The minimum absolute atomic E-state index is 0. The minimum atomic E-state index is -0.950. The fourth-order valence-electron chi connectivity index (χ4n) is 13.2. The highest BCUT2D eigenvalue weighted by Gasteiger charge is 2.52. The van der Waals surface area contributed by atoms with Gasteiger partial charge < -0.3 is 68.5 Å². The van der Waals surface area contributed by atoms with E-state index in [1.165, 1.54) is 77.4 Å². The lowest BCUT2D eigenvalue weighted by Gasteiger charge is -2.32. The number of amides is 1. The zero-order valence-electron chi connectivity index (χ0n) is 71.6. The molecule has 6 aromatic heterocycles. The second kappa shape index (κ2) is 46.5. The van der Waals surface area contributed by atoms with Crippen LogP contribution in [-0.4, -0.2) is 117 Å². The summed E-state index contributed by atoms with van der Waals surface area (Å²) < 4.78 is 59.5. The molecule has 0 spiro atoms. The van der Waals surface area contributed by atoms with Crippen LogP contribution in [0.4, 0.5) is 0 Å². The van der Waals surface area contributed by atoms with Crippen molar-refractivity contribution in [3.63, 3.8) is 0 Å². The number of phenols is 1. The Morgan fingerprint density at radius 2 is 0.844 bits per heavy atom. The van der Waals surface area contributed by atoms with Gasteiger partial charge in [-0.05, 0) is 216 Å². The van der Waals surface area contributed by atoms with Crippen molar-refractivity contribution in [1.29, 1.82) is 0 Å². The molecule has 0 bridgehead atoms. The summed E-state index contributed by atoms with van der Waals surface area (Å²) in [7, 11) is -0.376. The normalized spacial score (nSPS) is 16.8. The summed E-state index contributed by atoms with van der Waals surface area (Å²) in [6.45, 7) is 21.5. The highest BCUT2D eigenvalue weighted by Crippen LogP contribution is 2.47. The molecule has 5 N–H and O–H groups in total. The molecule has 1 fully saturated rings. The first kappa shape index (κ1) is 101. The van der Waals surface area contributed by atoms with Crippen LogP contribution in [-0.2, 0) is 51.0 Å². The highest BCUT2D eigenvalue weighted by molar-refractivity contribution is 9.11. The van der Waals surface area contributed by atoms with Crippen molar-refractivity contribution in [3.8, 4) is 66.9 Å². The average Bonchev–Trinajstić information content (AvgIpc) is 1.60. The number of aromatic hydroxyl groups is 1. The average molecular weight is 2000 g/mol. The number of pyridine rings is 2. The number of carboxylic acid groups (broad SMARTS) is 1. The number of phenolic OH excluding ortho intramolecular Hbond substituents is 1. The van der Waals surface area contributed by atoms with Crippen molar-refractivity contribution in [1.82, 2.24) is 15.3 Å². The maximum atomic E-state index is 12.1. The van der Waals surface area contributed by atoms with Gasteiger partial charge in [0.25, 0.3) is 0 Å². The van der Waals surface area contributed by atoms with E-state index >= 15 is 0 Å². The number of carbonyl (C=O) groups is 6. The van der Waals surface area contributed by atoms with E-state index in [-0.39, 0.29) is 96.0 Å². The maximum Gasteiger partial charge on any atom is 0.494 e. The Labute approximate surface area is 799 Å². The summed E-state index contributed by atoms with van der Waals surface area (Å²) >= 11 is 39.8. The van der Waals surface area contributed by atoms with E-state index < -0.39 is 5.97 Å². The number of ketones is 4. The van der Waals surface area contributed by atoms with Gasteiger partial charge in [-0.15, -0.1) is 23.7 Å². The second-order valence-electron chi connectivity index (χ2n) is 30.7. The molecule has 5 unspecified atom stereocenters. The van der Waals surface area contributed by atoms with Crippen LogP contribution < -0.4 is 54.4 Å². The predicted octanol–water partition coefficient (Wildman–Crippen LogP) is 24.1. The molecule has 22 nitrogen and oxygen atoms in total. The number of thiophene rings is 4. The second-order valence-corrected chi connectivity index (χ2v) is 38.3. The summed E-state index contributed by atoms with van der Waals surface area (Å²) in [5.41, 5.74) is 12.7. The Kier molecular flexibility index (Phi) is 36.6. The van der Waals surface area contributed by atoms with Crippen LogP contribution in [0, 0.1) is 0 Å². The fourth-order valence-corrected chi connectivity index (χ4v) is 18.2. The summed E-state index contributed by atoms with van der Waals surface area (Å²) in [4.78, 5) is 77.5. The van der Waals surface area contributed by atoms with Crippen LogP contribution in [0.3, 0.4) is 0 Å². The van der Waals surface area contributed by atoms with Gasteiger partial charge in [0.1, 0.15) is 82.3 Å². The number of rotatable bonds is 21. The zero-order chi connectivity index (χ0) is 91.6. The quantitative estimate of drug-likeness (QED) is 0.0295. The number of fused-ring (bicyclic) bond motifs is 5. The summed E-state index contributed by atoms with van der Waals surface area (Å²) in [6, 6.07) is 39.7. The number of Topliss-reactive ketones (excluding diaryl/α,β-unsaturated/α-hetero) is 4. The van der Waals surface area contributed by atoms with Crippen molar-refractivity contribution in [2.45, 2.75) is 169 Å². The van der Waals surface area contributed by atoms with Gasteiger partial charge in [-0.2, -0.15) is 0 Å². The third kappa shape index (κ3) is 27.9. The number of hydrogen-bond donors (Lipinski definition) is 4. The van der Waals surface area contributed by atoms with E-state index in [9.17, 15) is 33.9 Å². The highest BCUT2D eigenvalue weighted by atomic mass is 79.9. The molecule has 34 heteroatoms. The first-order valence-electron chi connectivity index (χ1n) is 40.5. The van der Waals surface area contributed by atoms with E-state index in [1.54, 1.807) is 118 Å². The number of aliphatic carboxylic acids is 1. The first-order valence-corrected chi connectivity index (χ1v) is 46.5. The van der Waals surface area contributed by atoms with Crippen molar-refractivity contribution in [2.24, 2.45) is 5.73 Å². The molecule has 674 valence electrons. The van der Waals surface area contributed by atoms with Crippen LogP contribution in [0.2, 0.25) is 25.1 Å². The zero-order valence-corrected chi connectivity index (χ0v) is 81.0. The third-order valence-corrected chi connectivity index (χ3v) is 26.7. The van der Waals surface area contributed by atoms with Crippen LogP contribution in [0.25, 0.3) is 12.2 Å². The summed E-state index contributed by atoms with van der Waals surface area (Å²) in [5, 5.41) is 25.0. The number of benzene rings is 5. The molecular weight excluding hydrogens is 1900 g/mol. The van der Waals surface area contributed by atoms with Crippen molar-refractivity contribution in [2.75, 3.05) is 13.1 Å². The SMILES string of the molecule is CC(=O)c1ccc(Br)s1.CC(=O)c1ccc(Oc2cc(Cl)c3c(c2)CC(CN)O3)s1.CC(=O)c1ccc(Oc2cc(Cl)c3c(c2)CC(CNC(=O)/C=C/c2cccnc2)O3)s1.CCC1Cc2cc(B3OC(C)(C)C(C)(C)O3)cc(Cl)c2O1.CCC1Cc2cc(O)cc(Cl)c2O1.CCC1Cc2cc(Oc3ccc(C(C)=O)s3)cc(Cl)c2O1.Cl.O=C(O)/C=C/c1cccnc1. The molecule has 0 radical (unpaired) electrons. The molecule has 12 heterocycles. The first-order chi connectivity index (χ1) is 60.5. The summed E-state index contributed by atoms with van der Waals surface area (Å²) in [5.74, 6) is 4.77. The number of nitrogens with one attached hydrogen (secondary N) is 1. The van der Waals surface area contributed by atoms with E-state index in [1.807, 2.05) is 48.5 Å². The van der Waals surface area contributed by atoms with Gasteiger partial charge in [0, 0.05) is 122 Å². The molecule has 128 heavy (non-hydrogen) atoms. The van der Waals surface area contributed by atoms with Crippen LogP contribution in [0.15, 0.2) is 174 Å². The van der Waals surface area contributed by atoms with Crippen LogP contribution in [0.5, 0.6) is 66.9 Å².